The summed E-state index contributed by atoms with van der Waals surface area (Å²) in [5.74, 6) is 0. The van der Waals surface area contributed by atoms with E-state index < -0.39 is 26.5 Å². The Bertz CT molecular complexity index is 630. The lowest BCUT2D eigenvalue weighted by Gasteiger charge is -2.33. The van der Waals surface area contributed by atoms with Crippen molar-refractivity contribution in [1.29, 1.82) is 0 Å². The van der Waals surface area contributed by atoms with Crippen LogP contribution in [0.5, 0.6) is 0 Å². The second-order valence-corrected chi connectivity index (χ2v) is 8.65. The Morgan fingerprint density at radius 1 is 0.950 bits per heavy atom. The van der Waals surface area contributed by atoms with E-state index in [9.17, 15) is 28.7 Å². The molecule has 0 aromatic heterocycles. The molecule has 0 aliphatic heterocycles. The van der Waals surface area contributed by atoms with E-state index in [0.717, 1.165) is 11.6 Å². The highest BCUT2D eigenvalue weighted by Crippen LogP contribution is 2.72. The Labute approximate surface area is 115 Å². The van der Waals surface area contributed by atoms with Crippen LogP contribution in [0.3, 0.4) is 0 Å². The van der Waals surface area contributed by atoms with Crippen molar-refractivity contribution in [3.8, 4) is 0 Å². The summed E-state index contributed by atoms with van der Waals surface area (Å²) >= 11 is 0. The second kappa shape index (κ2) is 5.08. The van der Waals surface area contributed by atoms with Gasteiger partial charge in [-0.05, 0) is 17.6 Å². The predicted molar refractivity (Wildman–Crippen MR) is 75.0 cm³/mol. The molecule has 0 amide bonds. The van der Waals surface area contributed by atoms with Gasteiger partial charge in [-0.25, -0.2) is 0 Å². The normalized spacial score (nSPS) is 18.7. The number of hydrogen-bond donors (Lipinski definition) is 4. The first kappa shape index (κ1) is 15.4. The average Bonchev–Trinajstić information content (AvgIpc) is 2.37. The SMILES string of the molecule is O=P(O)(O)C1(P(=O)(O)O)C=CC(c2ccccc2)=CC1. The van der Waals surface area contributed by atoms with Crippen LogP contribution in [0.15, 0.2) is 48.6 Å². The first-order chi connectivity index (χ1) is 9.17. The van der Waals surface area contributed by atoms with Gasteiger partial charge in [0.15, 0.2) is 4.90 Å². The van der Waals surface area contributed by atoms with Gasteiger partial charge >= 0.3 is 15.2 Å². The van der Waals surface area contributed by atoms with Gasteiger partial charge < -0.3 is 19.6 Å². The Kier molecular flexibility index (Phi) is 3.91. The minimum Gasteiger partial charge on any atom is -0.323 e. The third-order valence-corrected chi connectivity index (χ3v) is 7.51. The van der Waals surface area contributed by atoms with Gasteiger partial charge in [0.05, 0.1) is 0 Å². The van der Waals surface area contributed by atoms with Crippen LogP contribution in [0.4, 0.5) is 0 Å². The zero-order valence-corrected chi connectivity index (χ0v) is 12.1. The molecule has 108 valence electrons. The van der Waals surface area contributed by atoms with Crippen molar-refractivity contribution in [2.24, 2.45) is 0 Å². The third kappa shape index (κ3) is 2.59. The van der Waals surface area contributed by atoms with E-state index in [1.807, 2.05) is 6.07 Å². The van der Waals surface area contributed by atoms with Crippen LogP contribution in [0, 0.1) is 0 Å². The van der Waals surface area contributed by atoms with E-state index in [-0.39, 0.29) is 0 Å². The summed E-state index contributed by atoms with van der Waals surface area (Å²) in [4.78, 5) is 34.8. The van der Waals surface area contributed by atoms with Crippen molar-refractivity contribution < 1.29 is 28.7 Å². The van der Waals surface area contributed by atoms with E-state index in [1.54, 1.807) is 24.3 Å². The lowest BCUT2D eigenvalue weighted by Crippen LogP contribution is -2.27. The molecule has 4 N–H and O–H groups in total. The summed E-state index contributed by atoms with van der Waals surface area (Å²) in [5.41, 5.74) is 1.48. The van der Waals surface area contributed by atoms with Gasteiger partial charge in [0.2, 0.25) is 0 Å². The Morgan fingerprint density at radius 2 is 1.50 bits per heavy atom. The monoisotopic (exact) mass is 316 g/mol. The van der Waals surface area contributed by atoms with Gasteiger partial charge in [0, 0.05) is 0 Å². The molecule has 0 spiro atoms. The highest BCUT2D eigenvalue weighted by molar-refractivity contribution is 7.72. The summed E-state index contributed by atoms with van der Waals surface area (Å²) in [6, 6.07) is 9.04. The second-order valence-electron chi connectivity index (χ2n) is 4.53. The first-order valence-corrected chi connectivity index (χ1v) is 8.96. The molecule has 0 unspecified atom stereocenters. The van der Waals surface area contributed by atoms with Gasteiger partial charge in [-0.1, -0.05) is 48.6 Å². The van der Waals surface area contributed by atoms with Gasteiger partial charge in [0.25, 0.3) is 0 Å². The molecule has 2 rings (SSSR count). The number of benzene rings is 1. The fourth-order valence-electron chi connectivity index (χ4n) is 2.07. The van der Waals surface area contributed by atoms with Crippen molar-refractivity contribution in [2.75, 3.05) is 0 Å². The summed E-state index contributed by atoms with van der Waals surface area (Å²) in [6.07, 6.45) is 3.31. The van der Waals surface area contributed by atoms with Gasteiger partial charge in [0.1, 0.15) is 0 Å². The highest BCUT2D eigenvalue weighted by atomic mass is 31.2. The van der Waals surface area contributed by atoms with Crippen molar-refractivity contribution in [1.82, 2.24) is 0 Å². The van der Waals surface area contributed by atoms with Crippen molar-refractivity contribution >= 4 is 20.8 Å². The number of allylic oxidation sites excluding steroid dienone is 4. The molecule has 1 aromatic carbocycles. The molecule has 0 atom stereocenters. The lowest BCUT2D eigenvalue weighted by molar-refractivity contribution is 0.321. The Hall–Kier alpha value is -1.00. The molecule has 1 aliphatic carbocycles. The van der Waals surface area contributed by atoms with E-state index in [2.05, 4.69) is 0 Å². The van der Waals surface area contributed by atoms with Crippen LogP contribution in [-0.4, -0.2) is 24.5 Å². The molecule has 0 radical (unpaired) electrons. The quantitative estimate of drug-likeness (QED) is 0.635. The van der Waals surface area contributed by atoms with E-state index >= 15 is 0 Å². The van der Waals surface area contributed by atoms with Crippen molar-refractivity contribution in [3.63, 3.8) is 0 Å². The number of hydrogen-bond acceptors (Lipinski definition) is 2. The van der Waals surface area contributed by atoms with Crippen molar-refractivity contribution in [2.45, 2.75) is 11.3 Å². The molecule has 0 bridgehead atoms. The summed E-state index contributed by atoms with van der Waals surface area (Å²) in [7, 11) is -10.0. The molecule has 1 aliphatic rings. The predicted octanol–water partition coefficient (Wildman–Crippen LogP) is 2.08. The molecule has 0 fully saturated rings. The molecule has 0 saturated heterocycles. The standard InChI is InChI=1S/C12H14O6P2/c13-19(14,15)12(20(16,17)18)8-6-11(7-9-12)10-4-2-1-3-5-10/h1-8H,9H2,(H2,13,14,15)(H2,16,17,18). The third-order valence-electron chi connectivity index (χ3n) is 3.27. The molecule has 1 aromatic rings. The molecule has 0 saturated carbocycles. The van der Waals surface area contributed by atoms with Crippen LogP contribution in [0.2, 0.25) is 0 Å². The van der Waals surface area contributed by atoms with Crippen LogP contribution >= 0.6 is 15.2 Å². The van der Waals surface area contributed by atoms with Crippen LogP contribution < -0.4 is 0 Å². The fourth-order valence-corrected chi connectivity index (χ4v) is 4.62. The van der Waals surface area contributed by atoms with Crippen LogP contribution in [0.25, 0.3) is 5.57 Å². The van der Waals surface area contributed by atoms with E-state index in [4.69, 9.17) is 0 Å². The summed E-state index contributed by atoms with van der Waals surface area (Å²) in [5, 5.41) is 0. The summed E-state index contributed by atoms with van der Waals surface area (Å²) < 4.78 is 23.0. The van der Waals surface area contributed by atoms with Gasteiger partial charge in [-0.2, -0.15) is 0 Å². The number of rotatable bonds is 3. The summed E-state index contributed by atoms with van der Waals surface area (Å²) in [6.45, 7) is 0. The van der Waals surface area contributed by atoms with E-state index in [0.29, 0.717) is 5.57 Å². The van der Waals surface area contributed by atoms with Gasteiger partial charge in [-0.15, -0.1) is 0 Å². The zero-order chi connectivity index (χ0) is 15.0. The minimum atomic E-state index is -5.01. The minimum absolute atomic E-state index is 0.414. The molecular weight excluding hydrogens is 302 g/mol. The van der Waals surface area contributed by atoms with E-state index in [1.165, 1.54) is 12.2 Å². The smallest absolute Gasteiger partial charge is 0.323 e. The first-order valence-electron chi connectivity index (χ1n) is 5.73. The zero-order valence-electron chi connectivity index (χ0n) is 10.3. The maximum Gasteiger partial charge on any atom is 0.347 e. The van der Waals surface area contributed by atoms with Crippen molar-refractivity contribution in [3.05, 3.63) is 54.1 Å². The van der Waals surface area contributed by atoms with Gasteiger partial charge in [-0.3, -0.25) is 9.13 Å². The van der Waals surface area contributed by atoms with Crippen LogP contribution in [-0.2, 0) is 9.13 Å². The molecule has 8 heteroatoms. The largest absolute Gasteiger partial charge is 0.347 e. The maximum atomic E-state index is 11.5. The highest BCUT2D eigenvalue weighted by Gasteiger charge is 2.58. The van der Waals surface area contributed by atoms with Crippen LogP contribution in [0.1, 0.15) is 12.0 Å². The average molecular weight is 316 g/mol. The molecule has 0 heterocycles. The fraction of sp³-hybridized carbons (Fsp3) is 0.167. The Balaban J connectivity index is 2.43. The topological polar surface area (TPSA) is 115 Å². The Morgan fingerprint density at radius 3 is 1.90 bits per heavy atom. The maximum absolute atomic E-state index is 11.5. The lowest BCUT2D eigenvalue weighted by atomic mass is 9.99. The molecule has 20 heavy (non-hydrogen) atoms. The molecular formula is C12H14O6P2. The molecule has 6 nitrogen and oxygen atoms in total.